The van der Waals surface area contributed by atoms with Crippen LogP contribution in [-0.4, -0.2) is 19.9 Å². The molecule has 2 aromatic rings. The van der Waals surface area contributed by atoms with Crippen LogP contribution in [0, 0.1) is 5.82 Å². The lowest BCUT2D eigenvalue weighted by atomic mass is 10.2. The fraction of sp³-hybridized carbons (Fsp3) is 0.111. The molecule has 1 aromatic heterocycles. The number of nitrogens with two attached hydrogens (primary N) is 1. The number of halogens is 1. The Hall–Kier alpha value is -2.11. The normalized spacial score (nSPS) is 10.5. The first-order valence-corrected chi connectivity index (χ1v) is 4.23. The SMILES string of the molecule is Cn1nc(-c2ccc(F)cc2O)nc1N. The van der Waals surface area contributed by atoms with Crippen molar-refractivity contribution in [2.75, 3.05) is 5.73 Å². The zero-order valence-corrected chi connectivity index (χ0v) is 7.98. The van der Waals surface area contributed by atoms with Crippen LogP contribution in [0.5, 0.6) is 5.75 Å². The van der Waals surface area contributed by atoms with E-state index in [1.54, 1.807) is 7.05 Å². The molecule has 0 amide bonds. The molecule has 2 rings (SSSR count). The lowest BCUT2D eigenvalue weighted by Gasteiger charge is -1.98. The molecule has 3 N–H and O–H groups in total. The molecule has 1 aromatic carbocycles. The smallest absolute Gasteiger partial charge is 0.218 e. The zero-order valence-electron chi connectivity index (χ0n) is 7.98. The van der Waals surface area contributed by atoms with E-state index in [0.29, 0.717) is 5.56 Å². The number of hydrogen-bond donors (Lipinski definition) is 2. The van der Waals surface area contributed by atoms with Crippen molar-refractivity contribution < 1.29 is 9.50 Å². The van der Waals surface area contributed by atoms with Gasteiger partial charge in [0.15, 0.2) is 5.82 Å². The number of phenolic OH excluding ortho intramolecular Hbond substituents is 1. The second-order valence-corrected chi connectivity index (χ2v) is 3.08. The highest BCUT2D eigenvalue weighted by atomic mass is 19.1. The Morgan fingerprint density at radius 3 is 2.73 bits per heavy atom. The van der Waals surface area contributed by atoms with Crippen LogP contribution in [0.2, 0.25) is 0 Å². The Balaban J connectivity index is 2.54. The van der Waals surface area contributed by atoms with Crippen LogP contribution >= 0.6 is 0 Å². The van der Waals surface area contributed by atoms with Crippen LogP contribution in [0.1, 0.15) is 0 Å². The van der Waals surface area contributed by atoms with E-state index in [-0.39, 0.29) is 17.5 Å². The molecule has 6 heteroatoms. The zero-order chi connectivity index (χ0) is 11.0. The number of aryl methyl sites for hydroxylation is 1. The highest BCUT2D eigenvalue weighted by molar-refractivity contribution is 5.64. The maximum absolute atomic E-state index is 12.7. The van der Waals surface area contributed by atoms with Crippen molar-refractivity contribution in [3.05, 3.63) is 24.0 Å². The minimum absolute atomic E-state index is 0.208. The molecule has 5 nitrogen and oxygen atoms in total. The van der Waals surface area contributed by atoms with Crippen molar-refractivity contribution >= 4 is 5.95 Å². The predicted molar refractivity (Wildman–Crippen MR) is 52.5 cm³/mol. The number of anilines is 1. The first-order valence-electron chi connectivity index (χ1n) is 4.23. The van der Waals surface area contributed by atoms with E-state index in [1.165, 1.54) is 16.8 Å². The number of aromatic hydroxyl groups is 1. The first-order chi connectivity index (χ1) is 7.08. The molecule has 0 saturated carbocycles. The van der Waals surface area contributed by atoms with Crippen molar-refractivity contribution in [1.82, 2.24) is 14.8 Å². The Morgan fingerprint density at radius 2 is 2.20 bits per heavy atom. The van der Waals surface area contributed by atoms with Gasteiger partial charge < -0.3 is 10.8 Å². The van der Waals surface area contributed by atoms with Gasteiger partial charge in [0, 0.05) is 13.1 Å². The van der Waals surface area contributed by atoms with Gasteiger partial charge in [-0.3, -0.25) is 0 Å². The molecular weight excluding hydrogens is 199 g/mol. The molecule has 0 unspecified atom stereocenters. The second-order valence-electron chi connectivity index (χ2n) is 3.08. The maximum atomic E-state index is 12.7. The van der Waals surface area contributed by atoms with Gasteiger partial charge in [-0.1, -0.05) is 0 Å². The molecule has 0 radical (unpaired) electrons. The van der Waals surface area contributed by atoms with Crippen LogP contribution in [0.25, 0.3) is 11.4 Å². The van der Waals surface area contributed by atoms with E-state index >= 15 is 0 Å². The van der Waals surface area contributed by atoms with E-state index in [1.807, 2.05) is 0 Å². The van der Waals surface area contributed by atoms with Crippen LogP contribution in [0.4, 0.5) is 10.3 Å². The average molecular weight is 208 g/mol. The van der Waals surface area contributed by atoms with Gasteiger partial charge in [0.2, 0.25) is 5.95 Å². The second kappa shape index (κ2) is 3.23. The molecule has 0 bridgehead atoms. The summed E-state index contributed by atoms with van der Waals surface area (Å²) in [5.74, 6) is -0.220. The maximum Gasteiger partial charge on any atom is 0.218 e. The number of hydrogen-bond acceptors (Lipinski definition) is 4. The summed E-state index contributed by atoms with van der Waals surface area (Å²) >= 11 is 0. The summed E-state index contributed by atoms with van der Waals surface area (Å²) in [5.41, 5.74) is 5.84. The highest BCUT2D eigenvalue weighted by Crippen LogP contribution is 2.27. The lowest BCUT2D eigenvalue weighted by Crippen LogP contribution is -1.97. The molecule has 0 aliphatic carbocycles. The van der Waals surface area contributed by atoms with E-state index in [0.717, 1.165) is 6.07 Å². The van der Waals surface area contributed by atoms with Gasteiger partial charge in [0.05, 0.1) is 5.56 Å². The summed E-state index contributed by atoms with van der Waals surface area (Å²) in [5, 5.41) is 13.4. The number of rotatable bonds is 1. The van der Waals surface area contributed by atoms with Gasteiger partial charge in [0.25, 0.3) is 0 Å². The van der Waals surface area contributed by atoms with Gasteiger partial charge in [-0.2, -0.15) is 4.98 Å². The number of nitrogens with zero attached hydrogens (tertiary/aromatic N) is 3. The van der Waals surface area contributed by atoms with Crippen molar-refractivity contribution in [2.24, 2.45) is 7.05 Å². The van der Waals surface area contributed by atoms with Crippen molar-refractivity contribution in [1.29, 1.82) is 0 Å². The molecule has 0 atom stereocenters. The molecule has 0 spiro atoms. The molecule has 0 fully saturated rings. The van der Waals surface area contributed by atoms with Crippen molar-refractivity contribution in [2.45, 2.75) is 0 Å². The average Bonchev–Trinajstić information content (AvgIpc) is 2.46. The number of benzene rings is 1. The van der Waals surface area contributed by atoms with E-state index < -0.39 is 5.82 Å². The summed E-state index contributed by atoms with van der Waals surface area (Å²) in [6, 6.07) is 3.63. The quantitative estimate of drug-likeness (QED) is 0.730. The Morgan fingerprint density at radius 1 is 1.47 bits per heavy atom. The predicted octanol–water partition coefficient (Wildman–Crippen LogP) is 0.909. The molecule has 15 heavy (non-hydrogen) atoms. The van der Waals surface area contributed by atoms with Crippen molar-refractivity contribution in [3.8, 4) is 17.1 Å². The van der Waals surface area contributed by atoms with Crippen LogP contribution in [0.15, 0.2) is 18.2 Å². The molecule has 0 aliphatic rings. The van der Waals surface area contributed by atoms with Crippen LogP contribution in [-0.2, 0) is 7.05 Å². The highest BCUT2D eigenvalue weighted by Gasteiger charge is 2.11. The number of aromatic nitrogens is 3. The largest absolute Gasteiger partial charge is 0.507 e. The van der Waals surface area contributed by atoms with E-state index in [4.69, 9.17) is 5.73 Å². The van der Waals surface area contributed by atoms with Gasteiger partial charge in [0.1, 0.15) is 11.6 Å². The summed E-state index contributed by atoms with van der Waals surface area (Å²) in [6.07, 6.45) is 0. The van der Waals surface area contributed by atoms with Gasteiger partial charge in [-0.25, -0.2) is 9.07 Å². The minimum atomic E-state index is -0.514. The lowest BCUT2D eigenvalue weighted by molar-refractivity contribution is 0.470. The monoisotopic (exact) mass is 208 g/mol. The third-order valence-electron chi connectivity index (χ3n) is 2.00. The Bertz CT molecular complexity index is 489. The third kappa shape index (κ3) is 1.61. The van der Waals surface area contributed by atoms with Gasteiger partial charge in [-0.05, 0) is 12.1 Å². The standard InChI is InChI=1S/C9H9FN4O/c1-14-9(11)12-8(13-14)6-3-2-5(10)4-7(6)15/h2-4,15H,1H3,(H2,11,12,13). The first kappa shape index (κ1) is 9.45. The Kier molecular flexibility index (Phi) is 2.03. The van der Waals surface area contributed by atoms with Crippen molar-refractivity contribution in [3.63, 3.8) is 0 Å². The topological polar surface area (TPSA) is 77.0 Å². The van der Waals surface area contributed by atoms with Crippen LogP contribution < -0.4 is 5.73 Å². The fourth-order valence-corrected chi connectivity index (χ4v) is 1.20. The summed E-state index contributed by atoms with van der Waals surface area (Å²) < 4.78 is 14.1. The molecule has 1 heterocycles. The Labute approximate surface area is 85.0 Å². The molecule has 0 saturated heterocycles. The van der Waals surface area contributed by atoms with E-state index in [2.05, 4.69) is 10.1 Å². The summed E-state index contributed by atoms with van der Waals surface area (Å²) in [7, 11) is 1.63. The summed E-state index contributed by atoms with van der Waals surface area (Å²) in [6.45, 7) is 0. The number of phenols is 1. The van der Waals surface area contributed by atoms with E-state index in [9.17, 15) is 9.50 Å². The van der Waals surface area contributed by atoms with Crippen LogP contribution in [0.3, 0.4) is 0 Å². The summed E-state index contributed by atoms with van der Waals surface area (Å²) in [4.78, 5) is 3.92. The third-order valence-corrected chi connectivity index (χ3v) is 2.00. The molecule has 0 aliphatic heterocycles. The van der Waals surface area contributed by atoms with Gasteiger partial charge >= 0.3 is 0 Å². The molecule has 78 valence electrons. The number of nitrogen functional groups attached to an aromatic ring is 1. The van der Waals surface area contributed by atoms with Gasteiger partial charge in [-0.15, -0.1) is 5.10 Å². The minimum Gasteiger partial charge on any atom is -0.507 e. The fourth-order valence-electron chi connectivity index (χ4n) is 1.20. The molecular formula is C9H9FN4O.